The second-order valence-electron chi connectivity index (χ2n) is 6.80. The van der Waals surface area contributed by atoms with Crippen LogP contribution in [-0.4, -0.2) is 42.5 Å². The molecule has 172 valence electrons. The minimum Gasteiger partial charge on any atom is -0.490 e. The predicted molar refractivity (Wildman–Crippen MR) is 124 cm³/mol. The number of imide groups is 1. The number of halogens is 2. The molecule has 2 N–H and O–H groups in total. The van der Waals surface area contributed by atoms with Crippen molar-refractivity contribution in [2.45, 2.75) is 6.92 Å². The van der Waals surface area contributed by atoms with Crippen molar-refractivity contribution in [2.24, 2.45) is 0 Å². The molecule has 3 rings (SSSR count). The molecule has 1 heterocycles. The number of nitrogens with zero attached hydrogens (tertiary/aromatic N) is 1. The minimum atomic E-state index is -0.526. The van der Waals surface area contributed by atoms with Gasteiger partial charge in [-0.25, -0.2) is 9.18 Å². The number of carbonyl (C=O) groups is 3. The quantitative estimate of drug-likeness (QED) is 0.296. The van der Waals surface area contributed by atoms with E-state index in [0.717, 1.165) is 4.90 Å². The SMILES string of the molecule is C=CCN1C(=O)N/C(=C/c2cc(Br)c(OCC(=O)Nc3ccc(F)cc3)c(OCC)c2)C1=O. The molecule has 0 saturated carbocycles. The van der Waals surface area contributed by atoms with Gasteiger partial charge in [0.15, 0.2) is 18.1 Å². The summed E-state index contributed by atoms with van der Waals surface area (Å²) >= 11 is 3.40. The Labute approximate surface area is 198 Å². The number of benzene rings is 2. The molecule has 2 aromatic rings. The zero-order valence-corrected chi connectivity index (χ0v) is 19.3. The molecule has 4 amide bonds. The summed E-state index contributed by atoms with van der Waals surface area (Å²) in [6.07, 6.45) is 2.98. The number of anilines is 1. The van der Waals surface area contributed by atoms with E-state index in [4.69, 9.17) is 9.47 Å². The van der Waals surface area contributed by atoms with Gasteiger partial charge < -0.3 is 20.1 Å². The first-order valence-corrected chi connectivity index (χ1v) is 10.7. The first kappa shape index (κ1) is 24.0. The summed E-state index contributed by atoms with van der Waals surface area (Å²) in [5, 5.41) is 5.13. The number of hydrogen-bond acceptors (Lipinski definition) is 5. The van der Waals surface area contributed by atoms with Crippen molar-refractivity contribution in [1.82, 2.24) is 10.2 Å². The normalized spacial score (nSPS) is 14.3. The van der Waals surface area contributed by atoms with Crippen molar-refractivity contribution in [3.05, 3.63) is 70.6 Å². The Hall–Kier alpha value is -3.66. The smallest absolute Gasteiger partial charge is 0.329 e. The molecular formula is C23H21BrFN3O5. The maximum atomic E-state index is 13.0. The number of carbonyl (C=O) groups excluding carboxylic acids is 3. The van der Waals surface area contributed by atoms with Gasteiger partial charge in [0.25, 0.3) is 11.8 Å². The van der Waals surface area contributed by atoms with Crippen LogP contribution >= 0.6 is 15.9 Å². The fourth-order valence-electron chi connectivity index (χ4n) is 2.98. The molecule has 1 fully saturated rings. The first-order valence-electron chi connectivity index (χ1n) is 9.92. The van der Waals surface area contributed by atoms with Crippen molar-refractivity contribution in [3.63, 3.8) is 0 Å². The van der Waals surface area contributed by atoms with Crippen LogP contribution in [0.4, 0.5) is 14.9 Å². The zero-order valence-electron chi connectivity index (χ0n) is 17.7. The molecule has 1 aliphatic rings. The lowest BCUT2D eigenvalue weighted by Gasteiger charge is -2.15. The Morgan fingerprint density at radius 3 is 2.64 bits per heavy atom. The number of hydrogen-bond donors (Lipinski definition) is 2. The third-order valence-electron chi connectivity index (χ3n) is 4.39. The lowest BCUT2D eigenvalue weighted by molar-refractivity contribution is -0.122. The molecule has 0 aliphatic carbocycles. The maximum absolute atomic E-state index is 13.0. The van der Waals surface area contributed by atoms with Crippen molar-refractivity contribution >= 4 is 45.5 Å². The molecule has 0 radical (unpaired) electrons. The Morgan fingerprint density at radius 2 is 1.97 bits per heavy atom. The number of urea groups is 1. The maximum Gasteiger partial charge on any atom is 0.329 e. The van der Waals surface area contributed by atoms with Crippen LogP contribution in [0.2, 0.25) is 0 Å². The van der Waals surface area contributed by atoms with Gasteiger partial charge >= 0.3 is 6.03 Å². The molecule has 0 aromatic heterocycles. The summed E-state index contributed by atoms with van der Waals surface area (Å²) in [7, 11) is 0. The molecule has 0 unspecified atom stereocenters. The lowest BCUT2D eigenvalue weighted by Crippen LogP contribution is -2.30. The molecule has 33 heavy (non-hydrogen) atoms. The minimum absolute atomic E-state index is 0.0999. The van der Waals surface area contributed by atoms with E-state index in [1.807, 2.05) is 0 Å². The molecular weight excluding hydrogens is 497 g/mol. The fraction of sp³-hybridized carbons (Fsp3) is 0.174. The Balaban J connectivity index is 1.76. The molecule has 1 saturated heterocycles. The van der Waals surface area contributed by atoms with Crippen LogP contribution in [0.1, 0.15) is 12.5 Å². The van der Waals surface area contributed by atoms with E-state index < -0.39 is 23.7 Å². The second kappa shape index (κ2) is 10.8. The van der Waals surface area contributed by atoms with Gasteiger partial charge in [-0.05, 0) is 70.9 Å². The van der Waals surface area contributed by atoms with Crippen molar-refractivity contribution in [2.75, 3.05) is 25.1 Å². The van der Waals surface area contributed by atoms with Crippen molar-refractivity contribution < 1.29 is 28.2 Å². The first-order chi connectivity index (χ1) is 15.8. The highest BCUT2D eigenvalue weighted by atomic mass is 79.9. The van der Waals surface area contributed by atoms with Crippen LogP contribution < -0.4 is 20.1 Å². The predicted octanol–water partition coefficient (Wildman–Crippen LogP) is 4.08. The van der Waals surface area contributed by atoms with Crippen molar-refractivity contribution in [3.8, 4) is 11.5 Å². The summed E-state index contributed by atoms with van der Waals surface area (Å²) < 4.78 is 24.8. The van der Waals surface area contributed by atoms with Gasteiger partial charge in [-0.1, -0.05) is 6.08 Å². The average Bonchev–Trinajstić information content (AvgIpc) is 3.02. The molecule has 0 atom stereocenters. The lowest BCUT2D eigenvalue weighted by atomic mass is 10.1. The van der Waals surface area contributed by atoms with Crippen LogP contribution in [0.25, 0.3) is 6.08 Å². The van der Waals surface area contributed by atoms with Crippen LogP contribution in [0, 0.1) is 5.82 Å². The standard InChI is InChI=1S/C23H21BrFN3O5/c1-3-9-28-22(30)18(27-23(28)31)11-14-10-17(24)21(19(12-14)32-4-2)33-13-20(29)26-16-7-5-15(25)6-8-16/h3,5-8,10-12H,1,4,9,13H2,2H3,(H,26,29)(H,27,31)/b18-11+. The average molecular weight is 518 g/mol. The highest BCUT2D eigenvalue weighted by Gasteiger charge is 2.32. The van der Waals surface area contributed by atoms with Gasteiger partial charge in [-0.3, -0.25) is 14.5 Å². The van der Waals surface area contributed by atoms with Gasteiger partial charge in [0.2, 0.25) is 0 Å². The van der Waals surface area contributed by atoms with Crippen LogP contribution in [0.5, 0.6) is 11.5 Å². The Bertz CT molecular complexity index is 1120. The van der Waals surface area contributed by atoms with E-state index in [1.54, 1.807) is 19.1 Å². The zero-order chi connectivity index (χ0) is 24.0. The Kier molecular flexibility index (Phi) is 7.83. The number of nitrogens with one attached hydrogen (secondary N) is 2. The number of ether oxygens (including phenoxy) is 2. The highest BCUT2D eigenvalue weighted by molar-refractivity contribution is 9.10. The summed E-state index contributed by atoms with van der Waals surface area (Å²) in [5.41, 5.74) is 1.12. The van der Waals surface area contributed by atoms with Crippen LogP contribution in [0.3, 0.4) is 0 Å². The number of amides is 4. The third-order valence-corrected chi connectivity index (χ3v) is 4.98. The van der Waals surface area contributed by atoms with E-state index in [-0.39, 0.29) is 18.8 Å². The van der Waals surface area contributed by atoms with Gasteiger partial charge in [0, 0.05) is 12.2 Å². The van der Waals surface area contributed by atoms with E-state index in [0.29, 0.717) is 33.8 Å². The molecule has 2 aromatic carbocycles. The largest absolute Gasteiger partial charge is 0.490 e. The van der Waals surface area contributed by atoms with Gasteiger partial charge in [0.05, 0.1) is 11.1 Å². The molecule has 1 aliphatic heterocycles. The highest BCUT2D eigenvalue weighted by Crippen LogP contribution is 2.37. The van der Waals surface area contributed by atoms with Crippen LogP contribution in [-0.2, 0) is 9.59 Å². The molecule has 8 nitrogen and oxygen atoms in total. The van der Waals surface area contributed by atoms with E-state index in [9.17, 15) is 18.8 Å². The Morgan fingerprint density at radius 1 is 1.24 bits per heavy atom. The molecule has 0 bridgehead atoms. The van der Waals surface area contributed by atoms with Gasteiger partial charge in [-0.15, -0.1) is 6.58 Å². The fourth-order valence-corrected chi connectivity index (χ4v) is 3.55. The summed E-state index contributed by atoms with van der Waals surface area (Å²) in [6.45, 7) is 5.44. The molecule has 0 spiro atoms. The van der Waals surface area contributed by atoms with E-state index in [1.165, 1.54) is 36.4 Å². The monoisotopic (exact) mass is 517 g/mol. The van der Waals surface area contributed by atoms with E-state index in [2.05, 4.69) is 33.1 Å². The topological polar surface area (TPSA) is 97.0 Å². The third kappa shape index (κ3) is 5.98. The summed E-state index contributed by atoms with van der Waals surface area (Å²) in [6, 6.07) is 8.13. The van der Waals surface area contributed by atoms with Gasteiger partial charge in [-0.2, -0.15) is 0 Å². The summed E-state index contributed by atoms with van der Waals surface area (Å²) in [5.74, 6) is -0.677. The number of rotatable bonds is 9. The summed E-state index contributed by atoms with van der Waals surface area (Å²) in [4.78, 5) is 37.6. The van der Waals surface area contributed by atoms with E-state index >= 15 is 0 Å². The van der Waals surface area contributed by atoms with Gasteiger partial charge in [0.1, 0.15) is 11.5 Å². The molecule has 10 heteroatoms. The van der Waals surface area contributed by atoms with Crippen molar-refractivity contribution in [1.29, 1.82) is 0 Å². The van der Waals surface area contributed by atoms with Crippen LogP contribution in [0.15, 0.2) is 59.2 Å². The second-order valence-corrected chi connectivity index (χ2v) is 7.65.